The number of nitrogens with zero attached hydrogens (tertiary/aromatic N) is 2. The number of fused-ring (bicyclic) bond motifs is 6. The fourth-order valence-electron chi connectivity index (χ4n) is 10.3. The molecule has 1 aliphatic carbocycles. The van der Waals surface area contributed by atoms with Gasteiger partial charge in [-0.05, 0) is 122 Å². The molecule has 0 fully saturated rings. The molecule has 0 saturated carbocycles. The van der Waals surface area contributed by atoms with Crippen LogP contribution in [0.25, 0.3) is 60.9 Å². The number of rotatable bonds is 8. The summed E-state index contributed by atoms with van der Waals surface area (Å²) in [6, 6.07) is 93.3. The van der Waals surface area contributed by atoms with Crippen molar-refractivity contribution in [1.29, 1.82) is 0 Å². The molecule has 11 aromatic rings. The van der Waals surface area contributed by atoms with Crippen LogP contribution in [0.2, 0.25) is 0 Å². The summed E-state index contributed by atoms with van der Waals surface area (Å²) in [6.45, 7) is 0. The molecule has 296 valence electrons. The zero-order chi connectivity index (χ0) is 41.7. The van der Waals surface area contributed by atoms with Crippen LogP contribution >= 0.6 is 0 Å². The minimum absolute atomic E-state index is 0.477. The van der Waals surface area contributed by atoms with Gasteiger partial charge in [0.2, 0.25) is 0 Å². The van der Waals surface area contributed by atoms with E-state index < -0.39 is 5.41 Å². The van der Waals surface area contributed by atoms with Crippen molar-refractivity contribution in [1.82, 2.24) is 4.57 Å². The van der Waals surface area contributed by atoms with Crippen LogP contribution in [0.4, 0.5) is 17.1 Å². The average molecular weight is 803 g/mol. The number of para-hydroxylation sites is 2. The monoisotopic (exact) mass is 802 g/mol. The summed E-state index contributed by atoms with van der Waals surface area (Å²) in [5.41, 5.74) is 18.7. The van der Waals surface area contributed by atoms with Gasteiger partial charge >= 0.3 is 0 Å². The van der Waals surface area contributed by atoms with Crippen molar-refractivity contribution in [3.8, 4) is 39.1 Å². The summed E-state index contributed by atoms with van der Waals surface area (Å²) in [4.78, 5) is 2.42. The molecule has 2 heteroatoms. The molecular formula is C61H42N2. The van der Waals surface area contributed by atoms with Gasteiger partial charge in [0.15, 0.2) is 0 Å². The molecule has 10 aromatic carbocycles. The normalized spacial score (nSPS) is 12.6. The number of hydrogen-bond donors (Lipinski definition) is 0. The molecule has 12 rings (SSSR count). The van der Waals surface area contributed by atoms with E-state index in [1.54, 1.807) is 0 Å². The Morgan fingerprint density at radius 2 is 0.714 bits per heavy atom. The van der Waals surface area contributed by atoms with Gasteiger partial charge in [0, 0.05) is 33.5 Å². The SMILES string of the molecule is c1ccc(-c2cc(-c3ccccc3)cc(N(c3ccc(-n4c5ccccc5c5ccccc54)cc3)c3ccc(C4(c5ccccc5)c5ccccc5-c5ccccc54)cc3)c2)cc1. The largest absolute Gasteiger partial charge is 0.310 e. The second-order valence-corrected chi connectivity index (χ2v) is 16.5. The Hall–Kier alpha value is -8.20. The summed E-state index contributed by atoms with van der Waals surface area (Å²) in [7, 11) is 0. The summed E-state index contributed by atoms with van der Waals surface area (Å²) in [6.07, 6.45) is 0. The molecule has 0 amide bonds. The van der Waals surface area contributed by atoms with Crippen LogP contribution in [-0.4, -0.2) is 4.57 Å². The summed E-state index contributed by atoms with van der Waals surface area (Å²) in [5, 5.41) is 2.51. The summed E-state index contributed by atoms with van der Waals surface area (Å²) < 4.78 is 2.39. The minimum Gasteiger partial charge on any atom is -0.310 e. The predicted octanol–water partition coefficient (Wildman–Crippen LogP) is 16.0. The molecular weight excluding hydrogens is 761 g/mol. The number of aromatic nitrogens is 1. The lowest BCUT2D eigenvalue weighted by molar-refractivity contribution is 0.768. The Kier molecular flexibility index (Phi) is 8.76. The lowest BCUT2D eigenvalue weighted by Gasteiger charge is -2.34. The first kappa shape index (κ1) is 36.6. The Morgan fingerprint density at radius 1 is 0.302 bits per heavy atom. The molecule has 0 N–H and O–H groups in total. The second-order valence-electron chi connectivity index (χ2n) is 16.5. The Labute approximate surface area is 368 Å². The van der Waals surface area contributed by atoms with Crippen molar-refractivity contribution in [2.75, 3.05) is 4.90 Å². The fourth-order valence-corrected chi connectivity index (χ4v) is 10.3. The highest BCUT2D eigenvalue weighted by Crippen LogP contribution is 2.56. The second kappa shape index (κ2) is 15.1. The van der Waals surface area contributed by atoms with Crippen molar-refractivity contribution in [3.05, 3.63) is 277 Å². The molecule has 1 aliphatic rings. The van der Waals surface area contributed by atoms with E-state index in [1.165, 1.54) is 66.3 Å². The molecule has 63 heavy (non-hydrogen) atoms. The van der Waals surface area contributed by atoms with Gasteiger partial charge < -0.3 is 9.47 Å². The van der Waals surface area contributed by atoms with Gasteiger partial charge in [0.05, 0.1) is 16.4 Å². The summed E-state index contributed by atoms with van der Waals surface area (Å²) in [5.74, 6) is 0. The van der Waals surface area contributed by atoms with Crippen molar-refractivity contribution in [3.63, 3.8) is 0 Å². The molecule has 0 aliphatic heterocycles. The lowest BCUT2D eigenvalue weighted by atomic mass is 9.68. The van der Waals surface area contributed by atoms with Crippen LogP contribution in [0.5, 0.6) is 0 Å². The first-order chi connectivity index (χ1) is 31.3. The molecule has 0 spiro atoms. The number of anilines is 3. The zero-order valence-electron chi connectivity index (χ0n) is 34.6. The highest BCUT2D eigenvalue weighted by atomic mass is 15.1. The van der Waals surface area contributed by atoms with E-state index in [0.717, 1.165) is 33.9 Å². The van der Waals surface area contributed by atoms with E-state index in [4.69, 9.17) is 0 Å². The average Bonchev–Trinajstić information content (AvgIpc) is 3.86. The number of hydrogen-bond acceptors (Lipinski definition) is 1. The van der Waals surface area contributed by atoms with Crippen LogP contribution in [0.1, 0.15) is 22.3 Å². The van der Waals surface area contributed by atoms with Gasteiger partial charge in [-0.3, -0.25) is 0 Å². The first-order valence-electron chi connectivity index (χ1n) is 21.8. The molecule has 0 unspecified atom stereocenters. The van der Waals surface area contributed by atoms with Crippen LogP contribution in [0.3, 0.4) is 0 Å². The Balaban J connectivity index is 1.06. The van der Waals surface area contributed by atoms with Gasteiger partial charge in [0.1, 0.15) is 0 Å². The van der Waals surface area contributed by atoms with Gasteiger partial charge in [-0.25, -0.2) is 0 Å². The standard InChI is InChI=1S/C61H42N2/c1-4-18-43(19-5-1)45-40-46(44-20-6-2-7-21-44)42-52(41-45)62(50-36-38-51(39-37-50)63-59-30-16-12-26-55(59)56-27-13-17-31-60(56)63)49-34-32-48(33-35-49)61(47-22-8-3-9-23-47)57-28-14-10-24-53(57)54-25-11-15-29-58(54)61/h1-42H. The van der Waals surface area contributed by atoms with Crippen molar-refractivity contribution in [2.24, 2.45) is 0 Å². The van der Waals surface area contributed by atoms with Crippen molar-refractivity contribution >= 4 is 38.9 Å². The predicted molar refractivity (Wildman–Crippen MR) is 264 cm³/mol. The highest BCUT2D eigenvalue weighted by molar-refractivity contribution is 6.09. The lowest BCUT2D eigenvalue weighted by Crippen LogP contribution is -2.28. The molecule has 1 aromatic heterocycles. The van der Waals surface area contributed by atoms with Crippen LogP contribution in [0, 0.1) is 0 Å². The van der Waals surface area contributed by atoms with E-state index >= 15 is 0 Å². The molecule has 0 atom stereocenters. The third-order valence-corrected chi connectivity index (χ3v) is 13.1. The quantitative estimate of drug-likeness (QED) is 0.149. The van der Waals surface area contributed by atoms with Crippen LogP contribution in [-0.2, 0) is 5.41 Å². The van der Waals surface area contributed by atoms with E-state index in [2.05, 4.69) is 264 Å². The van der Waals surface area contributed by atoms with Gasteiger partial charge in [-0.1, -0.05) is 188 Å². The Bertz CT molecular complexity index is 3260. The highest BCUT2D eigenvalue weighted by Gasteiger charge is 2.45. The van der Waals surface area contributed by atoms with Gasteiger partial charge in [-0.2, -0.15) is 0 Å². The minimum atomic E-state index is -0.477. The topological polar surface area (TPSA) is 8.17 Å². The molecule has 0 radical (unpaired) electrons. The Morgan fingerprint density at radius 3 is 1.24 bits per heavy atom. The summed E-state index contributed by atoms with van der Waals surface area (Å²) >= 11 is 0. The van der Waals surface area contributed by atoms with E-state index in [9.17, 15) is 0 Å². The van der Waals surface area contributed by atoms with Crippen LogP contribution in [0.15, 0.2) is 255 Å². The fraction of sp³-hybridized carbons (Fsp3) is 0.0164. The third-order valence-electron chi connectivity index (χ3n) is 13.1. The number of benzene rings is 10. The molecule has 1 heterocycles. The molecule has 2 nitrogen and oxygen atoms in total. The third kappa shape index (κ3) is 5.95. The zero-order valence-corrected chi connectivity index (χ0v) is 34.6. The molecule has 0 saturated heterocycles. The maximum atomic E-state index is 2.42. The van der Waals surface area contributed by atoms with Crippen LogP contribution < -0.4 is 4.90 Å². The van der Waals surface area contributed by atoms with Crippen molar-refractivity contribution < 1.29 is 0 Å². The van der Waals surface area contributed by atoms with Crippen molar-refractivity contribution in [2.45, 2.75) is 5.41 Å². The van der Waals surface area contributed by atoms with Gasteiger partial charge in [-0.15, -0.1) is 0 Å². The maximum absolute atomic E-state index is 2.42. The van der Waals surface area contributed by atoms with E-state index in [1.807, 2.05) is 0 Å². The smallest absolute Gasteiger partial charge is 0.0713 e. The first-order valence-corrected chi connectivity index (χ1v) is 21.8. The van der Waals surface area contributed by atoms with E-state index in [-0.39, 0.29) is 0 Å². The molecule has 0 bridgehead atoms. The van der Waals surface area contributed by atoms with Gasteiger partial charge in [0.25, 0.3) is 0 Å². The maximum Gasteiger partial charge on any atom is 0.0713 e. The van der Waals surface area contributed by atoms with E-state index in [0.29, 0.717) is 0 Å².